The molecule has 0 aliphatic carbocycles. The molecule has 0 unspecified atom stereocenters. The number of nitrogens with zero attached hydrogens (tertiary/aromatic N) is 1. The molecule has 6 nitrogen and oxygen atoms in total. The Labute approximate surface area is 88.5 Å². The standard InChI is InChI=1S/C9H6FNO5/c10-6-2-1-5(3-7(6)11(15)16)4-8(12)9(13)14/h1-3H,4H2,(H,13,14). The average molecular weight is 227 g/mol. The highest BCUT2D eigenvalue weighted by atomic mass is 19.1. The van der Waals surface area contributed by atoms with Crippen LogP contribution >= 0.6 is 0 Å². The van der Waals surface area contributed by atoms with Gasteiger partial charge in [0.2, 0.25) is 11.6 Å². The Balaban J connectivity index is 3.00. The molecule has 7 heteroatoms. The first-order valence-corrected chi connectivity index (χ1v) is 4.10. The molecule has 0 saturated heterocycles. The first kappa shape index (κ1) is 11.8. The van der Waals surface area contributed by atoms with Gasteiger partial charge in [-0.05, 0) is 11.6 Å². The lowest BCUT2D eigenvalue weighted by atomic mass is 10.1. The molecule has 1 N–H and O–H groups in total. The number of rotatable bonds is 4. The fourth-order valence-corrected chi connectivity index (χ4v) is 1.07. The van der Waals surface area contributed by atoms with Crippen molar-refractivity contribution in [3.8, 4) is 0 Å². The van der Waals surface area contributed by atoms with E-state index in [1.807, 2.05) is 0 Å². The Kier molecular flexibility index (Phi) is 3.29. The highest BCUT2D eigenvalue weighted by Gasteiger charge is 2.17. The molecule has 0 atom stereocenters. The minimum absolute atomic E-state index is 0.0838. The summed E-state index contributed by atoms with van der Waals surface area (Å²) in [6.45, 7) is 0. The molecule has 0 fully saturated rings. The summed E-state index contributed by atoms with van der Waals surface area (Å²) in [4.78, 5) is 30.5. The average Bonchev–Trinajstić information content (AvgIpc) is 2.20. The molecule has 0 aliphatic rings. The van der Waals surface area contributed by atoms with E-state index in [-0.39, 0.29) is 5.56 Å². The van der Waals surface area contributed by atoms with Crippen LogP contribution in [0.3, 0.4) is 0 Å². The van der Waals surface area contributed by atoms with Gasteiger partial charge in [-0.3, -0.25) is 14.9 Å². The Morgan fingerprint density at radius 2 is 2.06 bits per heavy atom. The lowest BCUT2D eigenvalue weighted by Gasteiger charge is -1.99. The van der Waals surface area contributed by atoms with E-state index >= 15 is 0 Å². The van der Waals surface area contributed by atoms with Gasteiger partial charge < -0.3 is 5.11 Å². The Hall–Kier alpha value is -2.31. The topological polar surface area (TPSA) is 97.5 Å². The van der Waals surface area contributed by atoms with E-state index in [1.165, 1.54) is 0 Å². The maximum Gasteiger partial charge on any atom is 0.372 e. The zero-order valence-electron chi connectivity index (χ0n) is 7.84. The third-order valence-electron chi connectivity index (χ3n) is 1.81. The summed E-state index contributed by atoms with van der Waals surface area (Å²) >= 11 is 0. The summed E-state index contributed by atoms with van der Waals surface area (Å²) in [5, 5.41) is 18.7. The summed E-state index contributed by atoms with van der Waals surface area (Å²) in [6.07, 6.45) is -0.504. The van der Waals surface area contributed by atoms with Crippen molar-refractivity contribution in [1.29, 1.82) is 0 Å². The predicted molar refractivity (Wildman–Crippen MR) is 49.4 cm³/mol. The molecule has 1 aromatic carbocycles. The first-order valence-electron chi connectivity index (χ1n) is 4.10. The quantitative estimate of drug-likeness (QED) is 0.468. The van der Waals surface area contributed by atoms with Gasteiger partial charge in [0.15, 0.2) is 0 Å². The second-order valence-electron chi connectivity index (χ2n) is 2.95. The van der Waals surface area contributed by atoms with E-state index in [0.29, 0.717) is 0 Å². The van der Waals surface area contributed by atoms with Gasteiger partial charge in [0.05, 0.1) is 4.92 Å². The number of nitro benzene ring substituents is 1. The minimum Gasteiger partial charge on any atom is -0.475 e. The predicted octanol–water partition coefficient (Wildman–Crippen LogP) is 0.930. The third kappa shape index (κ3) is 2.59. The van der Waals surface area contributed by atoms with Crippen LogP contribution in [0.25, 0.3) is 0 Å². The lowest BCUT2D eigenvalue weighted by molar-refractivity contribution is -0.387. The van der Waals surface area contributed by atoms with Crippen LogP contribution in [0.5, 0.6) is 0 Å². The molecule has 84 valence electrons. The first-order chi connectivity index (χ1) is 7.41. The van der Waals surface area contributed by atoms with Crippen molar-refractivity contribution < 1.29 is 24.0 Å². The maximum absolute atomic E-state index is 12.9. The van der Waals surface area contributed by atoms with E-state index in [9.17, 15) is 24.1 Å². The molecule has 0 spiro atoms. The van der Waals surface area contributed by atoms with Gasteiger partial charge in [-0.15, -0.1) is 0 Å². The van der Waals surface area contributed by atoms with Crippen LogP contribution < -0.4 is 0 Å². The molecule has 0 aromatic heterocycles. The van der Waals surface area contributed by atoms with Crippen molar-refractivity contribution in [2.45, 2.75) is 6.42 Å². The van der Waals surface area contributed by atoms with Crippen molar-refractivity contribution in [2.75, 3.05) is 0 Å². The number of carboxylic acid groups (broad SMARTS) is 1. The number of carbonyl (C=O) groups excluding carboxylic acids is 1. The van der Waals surface area contributed by atoms with Crippen LogP contribution in [-0.4, -0.2) is 21.8 Å². The van der Waals surface area contributed by atoms with Gasteiger partial charge in [0, 0.05) is 12.5 Å². The van der Waals surface area contributed by atoms with Crippen LogP contribution in [0.4, 0.5) is 10.1 Å². The number of halogens is 1. The number of benzene rings is 1. The van der Waals surface area contributed by atoms with Crippen LogP contribution in [0, 0.1) is 15.9 Å². The SMILES string of the molecule is O=C(O)C(=O)Cc1ccc(F)c([N+](=O)[O-])c1. The number of nitro groups is 1. The molecule has 0 amide bonds. The molecular weight excluding hydrogens is 221 g/mol. The molecule has 0 aliphatic heterocycles. The van der Waals surface area contributed by atoms with Crippen molar-refractivity contribution in [2.24, 2.45) is 0 Å². The van der Waals surface area contributed by atoms with Gasteiger partial charge in [0.1, 0.15) is 0 Å². The summed E-state index contributed by atoms with van der Waals surface area (Å²) < 4.78 is 12.9. The van der Waals surface area contributed by atoms with E-state index in [4.69, 9.17) is 5.11 Å². The Bertz CT molecular complexity index is 471. The van der Waals surface area contributed by atoms with Gasteiger partial charge in [-0.25, -0.2) is 4.79 Å². The second kappa shape index (κ2) is 4.47. The van der Waals surface area contributed by atoms with Gasteiger partial charge in [0.25, 0.3) is 0 Å². The monoisotopic (exact) mass is 227 g/mol. The molecule has 1 aromatic rings. The fraction of sp³-hybridized carbons (Fsp3) is 0.111. The van der Waals surface area contributed by atoms with Crippen LogP contribution in [0.2, 0.25) is 0 Å². The second-order valence-corrected chi connectivity index (χ2v) is 2.95. The van der Waals surface area contributed by atoms with E-state index in [0.717, 1.165) is 18.2 Å². The molecule has 0 bridgehead atoms. The molecule has 0 saturated carbocycles. The smallest absolute Gasteiger partial charge is 0.372 e. The number of aliphatic carboxylic acids is 1. The molecular formula is C9H6FNO5. The minimum atomic E-state index is -1.63. The van der Waals surface area contributed by atoms with E-state index < -0.39 is 34.6 Å². The zero-order chi connectivity index (χ0) is 12.3. The number of ketones is 1. The molecule has 1 rings (SSSR count). The van der Waals surface area contributed by atoms with Crippen LogP contribution in [0.1, 0.15) is 5.56 Å². The normalized spacial score (nSPS) is 9.81. The molecule has 0 radical (unpaired) electrons. The highest BCUT2D eigenvalue weighted by Crippen LogP contribution is 2.18. The number of hydrogen-bond donors (Lipinski definition) is 1. The number of hydrogen-bond acceptors (Lipinski definition) is 4. The Morgan fingerprint density at radius 1 is 1.44 bits per heavy atom. The Morgan fingerprint density at radius 3 is 2.56 bits per heavy atom. The van der Waals surface area contributed by atoms with Crippen molar-refractivity contribution in [1.82, 2.24) is 0 Å². The van der Waals surface area contributed by atoms with Crippen LogP contribution in [0.15, 0.2) is 18.2 Å². The number of carboxylic acids is 1. The summed E-state index contributed by atoms with van der Waals surface area (Å²) in [7, 11) is 0. The summed E-state index contributed by atoms with van der Waals surface area (Å²) in [5.41, 5.74) is -0.698. The lowest BCUT2D eigenvalue weighted by Crippen LogP contribution is -2.15. The third-order valence-corrected chi connectivity index (χ3v) is 1.81. The van der Waals surface area contributed by atoms with Gasteiger partial charge >= 0.3 is 11.7 Å². The van der Waals surface area contributed by atoms with Crippen molar-refractivity contribution >= 4 is 17.4 Å². The number of Topliss-reactive ketones (excluding diaryl/α,β-unsaturated/α-hetero) is 1. The molecule has 0 heterocycles. The zero-order valence-corrected chi connectivity index (χ0v) is 7.84. The highest BCUT2D eigenvalue weighted by molar-refractivity contribution is 6.33. The fourth-order valence-electron chi connectivity index (χ4n) is 1.07. The van der Waals surface area contributed by atoms with Crippen molar-refractivity contribution in [3.63, 3.8) is 0 Å². The van der Waals surface area contributed by atoms with E-state index in [1.54, 1.807) is 0 Å². The largest absolute Gasteiger partial charge is 0.475 e. The van der Waals surface area contributed by atoms with Crippen LogP contribution in [-0.2, 0) is 16.0 Å². The van der Waals surface area contributed by atoms with Gasteiger partial charge in [-0.1, -0.05) is 6.07 Å². The van der Waals surface area contributed by atoms with E-state index in [2.05, 4.69) is 0 Å². The summed E-state index contributed by atoms with van der Waals surface area (Å²) in [5.74, 6) is -3.77. The molecule has 16 heavy (non-hydrogen) atoms. The van der Waals surface area contributed by atoms with Gasteiger partial charge in [-0.2, -0.15) is 4.39 Å². The van der Waals surface area contributed by atoms with Crippen molar-refractivity contribution in [3.05, 3.63) is 39.7 Å². The maximum atomic E-state index is 12.9. The summed E-state index contributed by atoms with van der Waals surface area (Å²) in [6, 6.07) is 2.79. The number of carbonyl (C=O) groups is 2.